The number of rotatable bonds is 3. The van der Waals surface area contributed by atoms with Crippen molar-refractivity contribution in [1.82, 2.24) is 9.13 Å². The van der Waals surface area contributed by atoms with Crippen LogP contribution in [0.1, 0.15) is 0 Å². The predicted octanol–water partition coefficient (Wildman–Crippen LogP) is 14.0. The van der Waals surface area contributed by atoms with Crippen molar-refractivity contribution in [3.05, 3.63) is 194 Å². The maximum absolute atomic E-state index is 2.52. The van der Waals surface area contributed by atoms with E-state index < -0.39 is 0 Å². The number of fused-ring (bicyclic) bond motifs is 12. The highest BCUT2D eigenvalue weighted by atomic mass is 15.0. The van der Waals surface area contributed by atoms with E-state index in [2.05, 4.69) is 203 Å². The highest BCUT2D eigenvalue weighted by Crippen LogP contribution is 2.48. The summed E-state index contributed by atoms with van der Waals surface area (Å²) < 4.78 is 4.92. The van der Waals surface area contributed by atoms with Crippen molar-refractivity contribution >= 4 is 54.4 Å². The fraction of sp³-hybridized carbons (Fsp3) is 0. The van der Waals surface area contributed by atoms with Crippen LogP contribution in [0, 0.1) is 0 Å². The Labute approximate surface area is 312 Å². The summed E-state index contributed by atoms with van der Waals surface area (Å²) in [6.07, 6.45) is 0. The molecule has 0 aliphatic carbocycles. The van der Waals surface area contributed by atoms with Crippen LogP contribution >= 0.6 is 0 Å². The molecule has 0 N–H and O–H groups in total. The van der Waals surface area contributed by atoms with E-state index in [9.17, 15) is 0 Å². The molecule has 0 saturated carbocycles. The average Bonchev–Trinajstić information content (AvgIpc) is 3.72. The predicted molar refractivity (Wildman–Crippen MR) is 228 cm³/mol. The Morgan fingerprint density at radius 1 is 0.278 bits per heavy atom. The van der Waals surface area contributed by atoms with Crippen molar-refractivity contribution in [2.24, 2.45) is 0 Å². The molecule has 2 heteroatoms. The number of benzene rings is 9. The molecule has 0 saturated heterocycles. The quantitative estimate of drug-likeness (QED) is 0.175. The molecular weight excluding hydrogens is 653 g/mol. The lowest BCUT2D eigenvalue weighted by atomic mass is 9.92. The molecule has 1 aliphatic heterocycles. The zero-order valence-corrected chi connectivity index (χ0v) is 29.4. The van der Waals surface area contributed by atoms with Crippen LogP contribution in [0.25, 0.3) is 110 Å². The summed E-state index contributed by atoms with van der Waals surface area (Å²) in [4.78, 5) is 0. The van der Waals surface area contributed by atoms with Crippen LogP contribution in [0.3, 0.4) is 0 Å². The van der Waals surface area contributed by atoms with Gasteiger partial charge in [-0.05, 0) is 98.8 Å². The lowest BCUT2D eigenvalue weighted by molar-refractivity contribution is 1.18. The summed E-state index contributed by atoms with van der Waals surface area (Å²) in [5.41, 5.74) is 17.3. The van der Waals surface area contributed by atoms with E-state index in [4.69, 9.17) is 0 Å². The second-order valence-corrected chi connectivity index (χ2v) is 14.5. The smallest absolute Gasteiger partial charge is 0.0619 e. The molecule has 0 atom stereocenters. The fourth-order valence-electron chi connectivity index (χ4n) is 9.16. The standard InChI is InChI=1S/C52H32N2/c1-2-11-33(12-3-1)34-21-25-39(26-22-34)53-48-20-9-8-17-42(48)46-30-37(23-27-49(46)53)38-24-28-50-47(31-38)44-19-10-18-43-40-15-6-7-16-41(40)45-29-35-13-4-5-14-36(35)32-51(45)54(50)52(43)44/h1-32H. The Balaban J connectivity index is 1.06. The zero-order chi connectivity index (χ0) is 35.3. The molecule has 11 aromatic rings. The van der Waals surface area contributed by atoms with Crippen molar-refractivity contribution < 1.29 is 0 Å². The Bertz CT molecular complexity index is 3310. The van der Waals surface area contributed by atoms with Gasteiger partial charge in [-0.2, -0.15) is 0 Å². The number of hydrogen-bond acceptors (Lipinski definition) is 0. The monoisotopic (exact) mass is 684 g/mol. The zero-order valence-electron chi connectivity index (χ0n) is 29.4. The van der Waals surface area contributed by atoms with E-state index in [-0.39, 0.29) is 0 Å². The molecule has 250 valence electrons. The minimum atomic E-state index is 1.16. The van der Waals surface area contributed by atoms with E-state index in [1.807, 2.05) is 0 Å². The molecular formula is C52H32N2. The van der Waals surface area contributed by atoms with Gasteiger partial charge in [-0.15, -0.1) is 0 Å². The van der Waals surface area contributed by atoms with Gasteiger partial charge in [-0.1, -0.05) is 140 Å². The Morgan fingerprint density at radius 2 is 0.815 bits per heavy atom. The molecule has 3 heterocycles. The number of hydrogen-bond donors (Lipinski definition) is 0. The third kappa shape index (κ3) is 4.17. The second kappa shape index (κ2) is 11.2. The first-order chi connectivity index (χ1) is 26.8. The van der Waals surface area contributed by atoms with E-state index >= 15 is 0 Å². The molecule has 0 spiro atoms. The summed E-state index contributed by atoms with van der Waals surface area (Å²) in [5.74, 6) is 0. The van der Waals surface area contributed by atoms with Gasteiger partial charge in [0, 0.05) is 38.4 Å². The van der Waals surface area contributed by atoms with E-state index in [0.717, 1.165) is 5.69 Å². The summed E-state index contributed by atoms with van der Waals surface area (Å²) in [7, 11) is 0. The summed E-state index contributed by atoms with van der Waals surface area (Å²) in [6, 6.07) is 71.6. The lowest BCUT2D eigenvalue weighted by Gasteiger charge is -2.14. The van der Waals surface area contributed by atoms with Crippen molar-refractivity contribution in [2.45, 2.75) is 0 Å². The van der Waals surface area contributed by atoms with Crippen LogP contribution < -0.4 is 0 Å². The van der Waals surface area contributed by atoms with E-state index in [0.29, 0.717) is 0 Å². The third-order valence-electron chi connectivity index (χ3n) is 11.6. The Kier molecular flexibility index (Phi) is 6.09. The molecule has 0 fully saturated rings. The van der Waals surface area contributed by atoms with Crippen molar-refractivity contribution in [1.29, 1.82) is 0 Å². The average molecular weight is 685 g/mol. The van der Waals surface area contributed by atoms with Gasteiger partial charge in [-0.3, -0.25) is 0 Å². The van der Waals surface area contributed by atoms with Crippen LogP contribution in [0.15, 0.2) is 194 Å². The second-order valence-electron chi connectivity index (χ2n) is 14.5. The highest BCUT2D eigenvalue weighted by Gasteiger charge is 2.25. The fourth-order valence-corrected chi connectivity index (χ4v) is 9.16. The minimum absolute atomic E-state index is 1.16. The van der Waals surface area contributed by atoms with Crippen LogP contribution in [0.2, 0.25) is 0 Å². The largest absolute Gasteiger partial charge is 0.309 e. The number of aromatic nitrogens is 2. The van der Waals surface area contributed by atoms with Gasteiger partial charge in [0.2, 0.25) is 0 Å². The van der Waals surface area contributed by atoms with Crippen molar-refractivity contribution in [2.75, 3.05) is 0 Å². The van der Waals surface area contributed by atoms with E-state index in [1.165, 1.54) is 105 Å². The van der Waals surface area contributed by atoms with Gasteiger partial charge in [0.15, 0.2) is 0 Å². The first-order valence-electron chi connectivity index (χ1n) is 18.7. The Hall–Kier alpha value is -7.16. The van der Waals surface area contributed by atoms with Crippen LogP contribution in [0.5, 0.6) is 0 Å². The van der Waals surface area contributed by atoms with Gasteiger partial charge in [0.05, 0.1) is 27.8 Å². The van der Waals surface area contributed by atoms with Crippen LogP contribution in [-0.2, 0) is 0 Å². The molecule has 0 unspecified atom stereocenters. The molecule has 2 aromatic heterocycles. The topological polar surface area (TPSA) is 9.86 Å². The van der Waals surface area contributed by atoms with Crippen molar-refractivity contribution in [3.8, 4) is 55.9 Å². The maximum atomic E-state index is 2.52. The number of nitrogens with zero attached hydrogens (tertiary/aromatic N) is 2. The molecule has 12 rings (SSSR count). The normalized spacial score (nSPS) is 12.1. The number of para-hydroxylation sites is 2. The first kappa shape index (κ1) is 29.4. The molecule has 1 aliphatic rings. The molecule has 9 aromatic carbocycles. The third-order valence-corrected chi connectivity index (χ3v) is 11.6. The highest BCUT2D eigenvalue weighted by molar-refractivity contribution is 6.18. The SMILES string of the molecule is c1ccc(-c2ccc(-n3c4ccccc4c4cc(-c5ccc6c(c5)c5cccc7c5n6-c5cc6ccccc6cc5-c5ccccc5-7)ccc43)cc2)cc1. The summed E-state index contributed by atoms with van der Waals surface area (Å²) in [6.45, 7) is 0. The molecule has 2 nitrogen and oxygen atoms in total. The van der Waals surface area contributed by atoms with Gasteiger partial charge >= 0.3 is 0 Å². The molecule has 0 amide bonds. The van der Waals surface area contributed by atoms with Crippen LogP contribution in [0.4, 0.5) is 0 Å². The lowest BCUT2D eigenvalue weighted by Crippen LogP contribution is -1.96. The first-order valence-corrected chi connectivity index (χ1v) is 18.7. The van der Waals surface area contributed by atoms with E-state index in [1.54, 1.807) is 0 Å². The molecule has 0 bridgehead atoms. The summed E-state index contributed by atoms with van der Waals surface area (Å²) in [5, 5.41) is 7.56. The molecule has 0 radical (unpaired) electrons. The van der Waals surface area contributed by atoms with Gasteiger partial charge in [0.25, 0.3) is 0 Å². The maximum Gasteiger partial charge on any atom is 0.0619 e. The van der Waals surface area contributed by atoms with Gasteiger partial charge in [0.1, 0.15) is 0 Å². The van der Waals surface area contributed by atoms with Gasteiger partial charge in [-0.25, -0.2) is 0 Å². The molecule has 54 heavy (non-hydrogen) atoms. The van der Waals surface area contributed by atoms with Crippen LogP contribution in [-0.4, -0.2) is 9.13 Å². The summed E-state index contributed by atoms with van der Waals surface area (Å²) >= 11 is 0. The Morgan fingerprint density at radius 3 is 1.59 bits per heavy atom. The minimum Gasteiger partial charge on any atom is -0.309 e. The van der Waals surface area contributed by atoms with Crippen molar-refractivity contribution in [3.63, 3.8) is 0 Å². The van der Waals surface area contributed by atoms with Gasteiger partial charge < -0.3 is 9.13 Å².